The summed E-state index contributed by atoms with van der Waals surface area (Å²) >= 11 is 3.13. The van der Waals surface area contributed by atoms with Gasteiger partial charge in [-0.1, -0.05) is 30.3 Å². The monoisotopic (exact) mass is 357 g/mol. The van der Waals surface area contributed by atoms with Gasteiger partial charge in [0.1, 0.15) is 0 Å². The molecule has 0 aromatic heterocycles. The molecule has 0 aliphatic heterocycles. The van der Waals surface area contributed by atoms with E-state index in [1.807, 2.05) is 6.07 Å². The predicted molar refractivity (Wildman–Crippen MR) is 77.9 cm³/mol. The highest BCUT2D eigenvalue weighted by Gasteiger charge is 2.31. The van der Waals surface area contributed by atoms with Crippen LogP contribution in [0.5, 0.6) is 0 Å². The van der Waals surface area contributed by atoms with Crippen LogP contribution in [0.3, 0.4) is 0 Å². The van der Waals surface area contributed by atoms with E-state index in [0.717, 1.165) is 17.7 Å². The topological polar surface area (TPSA) is 29.1 Å². The highest BCUT2D eigenvalue weighted by Crippen LogP contribution is 2.33. The van der Waals surface area contributed by atoms with Crippen LogP contribution in [0.1, 0.15) is 11.1 Å². The molecule has 0 radical (unpaired) electrons. The summed E-state index contributed by atoms with van der Waals surface area (Å²) in [4.78, 5) is 11.9. The summed E-state index contributed by atoms with van der Waals surface area (Å²) in [5, 5.41) is 2.49. The summed E-state index contributed by atoms with van der Waals surface area (Å²) in [6.07, 6.45) is -4.34. The Labute approximate surface area is 128 Å². The number of carbonyl (C=O) groups excluding carboxylic acids is 1. The van der Waals surface area contributed by atoms with Crippen molar-refractivity contribution in [2.45, 2.75) is 12.6 Å². The van der Waals surface area contributed by atoms with Crippen LogP contribution in [0.2, 0.25) is 0 Å². The zero-order valence-corrected chi connectivity index (χ0v) is 12.3. The molecule has 1 N–H and O–H groups in total. The molecule has 2 aromatic rings. The van der Waals surface area contributed by atoms with Gasteiger partial charge in [-0.05, 0) is 39.7 Å². The van der Waals surface area contributed by atoms with Gasteiger partial charge in [0, 0.05) is 4.47 Å². The van der Waals surface area contributed by atoms with Gasteiger partial charge in [0.15, 0.2) is 0 Å². The Hall–Kier alpha value is -1.82. The van der Waals surface area contributed by atoms with Crippen molar-refractivity contribution in [3.05, 3.63) is 64.1 Å². The van der Waals surface area contributed by atoms with Crippen LogP contribution in [-0.4, -0.2) is 5.91 Å². The number of rotatable bonds is 3. The van der Waals surface area contributed by atoms with Crippen LogP contribution in [0, 0.1) is 0 Å². The number of nitrogens with one attached hydrogen (secondary N) is 1. The lowest BCUT2D eigenvalue weighted by Gasteiger charge is -2.12. The van der Waals surface area contributed by atoms with Crippen molar-refractivity contribution in [2.24, 2.45) is 0 Å². The van der Waals surface area contributed by atoms with E-state index in [2.05, 4.69) is 21.2 Å². The van der Waals surface area contributed by atoms with Gasteiger partial charge < -0.3 is 5.32 Å². The fraction of sp³-hybridized carbons (Fsp3) is 0.133. The summed E-state index contributed by atoms with van der Waals surface area (Å²) < 4.78 is 38.4. The summed E-state index contributed by atoms with van der Waals surface area (Å²) in [6, 6.07) is 12.1. The molecule has 1 amide bonds. The van der Waals surface area contributed by atoms with E-state index >= 15 is 0 Å². The molecule has 6 heteroatoms. The molecule has 0 atom stereocenters. The first-order valence-electron chi connectivity index (χ1n) is 6.07. The second-order valence-corrected chi connectivity index (χ2v) is 5.26. The molecule has 0 spiro atoms. The minimum absolute atomic E-state index is 0.101. The van der Waals surface area contributed by atoms with E-state index in [1.165, 1.54) is 6.07 Å². The zero-order chi connectivity index (χ0) is 15.5. The zero-order valence-electron chi connectivity index (χ0n) is 10.7. The molecule has 0 saturated carbocycles. The Morgan fingerprint density at radius 2 is 1.76 bits per heavy atom. The molecular weight excluding hydrogens is 347 g/mol. The lowest BCUT2D eigenvalue weighted by Crippen LogP contribution is -2.15. The highest BCUT2D eigenvalue weighted by atomic mass is 79.9. The summed E-state index contributed by atoms with van der Waals surface area (Å²) in [5.41, 5.74) is 0.0876. The third-order valence-corrected chi connectivity index (χ3v) is 3.47. The lowest BCUT2D eigenvalue weighted by atomic mass is 10.1. The van der Waals surface area contributed by atoms with Gasteiger partial charge in [-0.25, -0.2) is 0 Å². The van der Waals surface area contributed by atoms with Crippen LogP contribution in [-0.2, 0) is 17.4 Å². The number of hydrogen-bond donors (Lipinski definition) is 1. The number of halogens is 4. The minimum atomic E-state index is -4.44. The first kappa shape index (κ1) is 15.6. The van der Waals surface area contributed by atoms with E-state index in [0.29, 0.717) is 4.47 Å². The molecule has 0 unspecified atom stereocenters. The average Bonchev–Trinajstić information content (AvgIpc) is 2.41. The summed E-state index contributed by atoms with van der Waals surface area (Å²) in [6.45, 7) is 0. The Kier molecular flexibility index (Phi) is 4.67. The maximum atomic E-state index is 12.7. The number of hydrogen-bond acceptors (Lipinski definition) is 1. The Morgan fingerprint density at radius 3 is 2.38 bits per heavy atom. The van der Waals surface area contributed by atoms with Crippen molar-refractivity contribution in [3.63, 3.8) is 0 Å². The summed E-state index contributed by atoms with van der Waals surface area (Å²) in [7, 11) is 0. The Balaban J connectivity index is 2.14. The third kappa shape index (κ3) is 4.32. The van der Waals surface area contributed by atoms with E-state index in [4.69, 9.17) is 0 Å². The molecule has 0 fully saturated rings. The SMILES string of the molecule is O=C(Cc1ccccc1)Nc1cc(C(F)(F)F)ccc1Br. The molecule has 2 nitrogen and oxygen atoms in total. The first-order valence-corrected chi connectivity index (χ1v) is 6.86. The number of anilines is 1. The maximum Gasteiger partial charge on any atom is 0.416 e. The van der Waals surface area contributed by atoms with Gasteiger partial charge in [-0.15, -0.1) is 0 Å². The van der Waals surface area contributed by atoms with Crippen molar-refractivity contribution in [3.8, 4) is 0 Å². The van der Waals surface area contributed by atoms with Crippen molar-refractivity contribution in [2.75, 3.05) is 5.32 Å². The smallest absolute Gasteiger partial charge is 0.325 e. The standard InChI is InChI=1S/C15H11BrF3NO/c16-12-7-6-11(15(17,18)19)9-13(12)20-14(21)8-10-4-2-1-3-5-10/h1-7,9H,8H2,(H,20,21). The van der Waals surface area contributed by atoms with Crippen molar-refractivity contribution < 1.29 is 18.0 Å². The molecule has 0 bridgehead atoms. The Morgan fingerprint density at radius 1 is 1.10 bits per heavy atom. The molecule has 0 heterocycles. The van der Waals surface area contributed by atoms with Gasteiger partial charge in [0.2, 0.25) is 5.91 Å². The van der Waals surface area contributed by atoms with Crippen LogP contribution >= 0.6 is 15.9 Å². The van der Waals surface area contributed by atoms with Crippen LogP contribution in [0.15, 0.2) is 53.0 Å². The third-order valence-electron chi connectivity index (χ3n) is 2.78. The molecule has 0 aliphatic carbocycles. The average molecular weight is 358 g/mol. The molecule has 110 valence electrons. The number of benzene rings is 2. The molecule has 0 saturated heterocycles. The van der Waals surface area contributed by atoms with Gasteiger partial charge in [-0.3, -0.25) is 4.79 Å². The predicted octanol–water partition coefficient (Wildman–Crippen LogP) is 4.65. The van der Waals surface area contributed by atoms with Crippen molar-refractivity contribution in [1.29, 1.82) is 0 Å². The maximum absolute atomic E-state index is 12.7. The van der Waals surface area contributed by atoms with Crippen LogP contribution in [0.25, 0.3) is 0 Å². The summed E-state index contributed by atoms with van der Waals surface area (Å²) in [5.74, 6) is -0.374. The largest absolute Gasteiger partial charge is 0.416 e. The van der Waals surface area contributed by atoms with Gasteiger partial charge in [0.25, 0.3) is 0 Å². The number of alkyl halides is 3. The Bertz CT molecular complexity index is 641. The number of amides is 1. The van der Waals surface area contributed by atoms with E-state index in [-0.39, 0.29) is 18.0 Å². The quantitative estimate of drug-likeness (QED) is 0.850. The first-order chi connectivity index (χ1) is 9.86. The van der Waals surface area contributed by atoms with E-state index in [9.17, 15) is 18.0 Å². The van der Waals surface area contributed by atoms with Crippen molar-refractivity contribution >= 4 is 27.5 Å². The fourth-order valence-electron chi connectivity index (χ4n) is 1.77. The minimum Gasteiger partial charge on any atom is -0.325 e. The fourth-order valence-corrected chi connectivity index (χ4v) is 2.12. The van der Waals surface area contributed by atoms with Crippen molar-refractivity contribution in [1.82, 2.24) is 0 Å². The second-order valence-electron chi connectivity index (χ2n) is 4.40. The van der Waals surface area contributed by atoms with Gasteiger partial charge in [-0.2, -0.15) is 13.2 Å². The van der Waals surface area contributed by atoms with Gasteiger partial charge >= 0.3 is 6.18 Å². The van der Waals surface area contributed by atoms with Gasteiger partial charge in [0.05, 0.1) is 17.7 Å². The molecular formula is C15H11BrF3NO. The molecule has 2 rings (SSSR count). The van der Waals surface area contributed by atoms with Crippen LogP contribution in [0.4, 0.5) is 18.9 Å². The highest BCUT2D eigenvalue weighted by molar-refractivity contribution is 9.10. The molecule has 2 aromatic carbocycles. The lowest BCUT2D eigenvalue weighted by molar-refractivity contribution is -0.137. The second kappa shape index (κ2) is 6.30. The molecule has 0 aliphatic rings. The normalized spacial score (nSPS) is 11.2. The molecule has 21 heavy (non-hydrogen) atoms. The number of carbonyl (C=O) groups is 1. The van der Waals surface area contributed by atoms with Crippen LogP contribution < -0.4 is 5.32 Å². The van der Waals surface area contributed by atoms with E-state index in [1.54, 1.807) is 24.3 Å². The van der Waals surface area contributed by atoms with E-state index < -0.39 is 11.7 Å².